The second-order valence-electron chi connectivity index (χ2n) is 10.4. The van der Waals surface area contributed by atoms with Gasteiger partial charge in [0.15, 0.2) is 0 Å². The number of amides is 2. The van der Waals surface area contributed by atoms with E-state index in [1.807, 2.05) is 6.07 Å². The van der Waals surface area contributed by atoms with Crippen LogP contribution >= 0.6 is 0 Å². The van der Waals surface area contributed by atoms with Gasteiger partial charge in [-0.15, -0.1) is 0 Å². The average Bonchev–Trinajstić information content (AvgIpc) is 3.09. The molecule has 0 aliphatic carbocycles. The Balaban J connectivity index is 1.73. The molecule has 1 heterocycles. The quantitative estimate of drug-likeness (QED) is 0.352. The molecule has 1 aliphatic heterocycles. The molecule has 0 aromatic heterocycles. The molecule has 3 N–H and O–H groups in total. The first-order chi connectivity index (χ1) is 18.4. The Labute approximate surface area is 230 Å². The van der Waals surface area contributed by atoms with E-state index in [1.54, 1.807) is 69.3 Å². The lowest BCUT2D eigenvalue weighted by Crippen LogP contribution is -2.49. The van der Waals surface area contributed by atoms with Gasteiger partial charge in [0.25, 0.3) is 0 Å². The van der Waals surface area contributed by atoms with Crippen molar-refractivity contribution in [3.8, 4) is 0 Å². The number of nitrogens with zero attached hydrogens (tertiary/aromatic N) is 2. The Morgan fingerprint density at radius 3 is 2.28 bits per heavy atom. The number of hydrogen-bond acceptors (Lipinski definition) is 6. The molecule has 2 aromatic carbocycles. The first-order valence-corrected chi connectivity index (χ1v) is 14.4. The van der Waals surface area contributed by atoms with E-state index in [-0.39, 0.29) is 24.8 Å². The van der Waals surface area contributed by atoms with Crippen molar-refractivity contribution >= 4 is 27.9 Å². The number of carbonyl (C=O) groups excluding carboxylic acids is 2. The Morgan fingerprint density at radius 1 is 1.00 bits per heavy atom. The van der Waals surface area contributed by atoms with Crippen molar-refractivity contribution in [3.05, 3.63) is 77.8 Å². The molecule has 11 heteroatoms. The molecular formula is C28H38N4O6S. The molecule has 39 heavy (non-hydrogen) atoms. The van der Waals surface area contributed by atoms with Crippen molar-refractivity contribution in [1.29, 1.82) is 0 Å². The molecule has 1 unspecified atom stereocenters. The number of ether oxygens (including phenoxy) is 1. The lowest BCUT2D eigenvalue weighted by Gasteiger charge is -2.24. The molecule has 0 radical (unpaired) electrons. The van der Waals surface area contributed by atoms with Crippen LogP contribution in [-0.4, -0.2) is 48.0 Å². The van der Waals surface area contributed by atoms with E-state index in [0.29, 0.717) is 17.8 Å². The van der Waals surface area contributed by atoms with Crippen LogP contribution in [0.15, 0.2) is 66.7 Å². The minimum Gasteiger partial charge on any atom is -0.493 e. The lowest BCUT2D eigenvalue weighted by atomic mass is 10.0. The number of hydrogen-bond donors (Lipinski definition) is 3. The predicted molar refractivity (Wildman–Crippen MR) is 150 cm³/mol. The maximum Gasteiger partial charge on any atom is 0.408 e. The monoisotopic (exact) mass is 558 g/mol. The number of anilines is 1. The summed E-state index contributed by atoms with van der Waals surface area (Å²) in [5, 5.41) is 15.9. The first-order valence-electron chi connectivity index (χ1n) is 13.0. The summed E-state index contributed by atoms with van der Waals surface area (Å²) in [5.41, 5.74) is 1.04. The van der Waals surface area contributed by atoms with E-state index in [2.05, 4.69) is 17.6 Å². The summed E-state index contributed by atoms with van der Waals surface area (Å²) in [6.07, 6.45) is 3.47. The van der Waals surface area contributed by atoms with Gasteiger partial charge in [-0.05, 0) is 50.5 Å². The van der Waals surface area contributed by atoms with E-state index in [9.17, 15) is 23.1 Å². The summed E-state index contributed by atoms with van der Waals surface area (Å²) in [6.45, 7) is 7.79. The molecular weight excluding hydrogens is 520 g/mol. The third-order valence-electron chi connectivity index (χ3n) is 5.90. The Morgan fingerprint density at radius 2 is 1.67 bits per heavy atom. The van der Waals surface area contributed by atoms with Crippen LogP contribution in [0.1, 0.15) is 58.1 Å². The van der Waals surface area contributed by atoms with E-state index in [4.69, 9.17) is 4.74 Å². The molecule has 2 aromatic rings. The maximum absolute atomic E-state index is 13.2. The highest BCUT2D eigenvalue weighted by atomic mass is 32.2. The minimum atomic E-state index is -4.04. The van der Waals surface area contributed by atoms with Crippen LogP contribution in [0.25, 0.3) is 0 Å². The summed E-state index contributed by atoms with van der Waals surface area (Å²) in [5.74, 6) is -0.711. The van der Waals surface area contributed by atoms with Gasteiger partial charge in [-0.3, -0.25) is 4.79 Å². The largest absolute Gasteiger partial charge is 0.493 e. The normalized spacial score (nSPS) is 15.4. The molecule has 0 fully saturated rings. The number of carbonyl (C=O) groups is 2. The Hall–Kier alpha value is -3.73. The van der Waals surface area contributed by atoms with Gasteiger partial charge >= 0.3 is 16.3 Å². The SMILES string of the molecule is CCCCCNC(=O)C(Cc1ccc(N2C=C(O)N(Cc3ccccc3)S2(=O)=O)cc1)NC(=O)OC(C)(C)C. The molecule has 10 nitrogen and oxygen atoms in total. The highest BCUT2D eigenvalue weighted by molar-refractivity contribution is 7.91. The van der Waals surface area contributed by atoms with Crippen LogP contribution in [-0.2, 0) is 32.7 Å². The number of alkyl carbamates (subject to hydrolysis) is 1. The van der Waals surface area contributed by atoms with E-state index in [1.165, 1.54) is 0 Å². The van der Waals surface area contributed by atoms with Gasteiger partial charge in [0.1, 0.15) is 11.6 Å². The van der Waals surface area contributed by atoms with Gasteiger partial charge in [-0.1, -0.05) is 62.2 Å². The second-order valence-corrected chi connectivity index (χ2v) is 12.1. The number of benzene rings is 2. The molecule has 0 spiro atoms. The molecule has 212 valence electrons. The number of rotatable bonds is 11. The molecule has 2 amide bonds. The van der Waals surface area contributed by atoms with Gasteiger partial charge < -0.3 is 20.5 Å². The minimum absolute atomic E-state index is 0.00846. The fraction of sp³-hybridized carbons (Fsp3) is 0.429. The van der Waals surface area contributed by atoms with Crippen molar-refractivity contribution in [1.82, 2.24) is 14.9 Å². The molecule has 0 saturated heterocycles. The zero-order valence-corrected chi connectivity index (χ0v) is 23.7. The average molecular weight is 559 g/mol. The van der Waals surface area contributed by atoms with Crippen LogP contribution in [0.2, 0.25) is 0 Å². The predicted octanol–water partition coefficient (Wildman–Crippen LogP) is 4.35. The molecule has 1 atom stereocenters. The molecule has 0 bridgehead atoms. The van der Waals surface area contributed by atoms with Crippen LogP contribution < -0.4 is 14.9 Å². The summed E-state index contributed by atoms with van der Waals surface area (Å²) in [6, 6.07) is 14.6. The van der Waals surface area contributed by atoms with Crippen molar-refractivity contribution in [2.75, 3.05) is 10.8 Å². The van der Waals surface area contributed by atoms with E-state index >= 15 is 0 Å². The fourth-order valence-corrected chi connectivity index (χ4v) is 5.39. The molecule has 1 aliphatic rings. The standard InChI is InChI=1S/C28H38N4O6S/c1-5-6-10-17-29-26(34)24(30-27(35)38-28(2,3)4)18-21-13-15-23(16-14-21)31-20-25(33)32(39(31,36)37)19-22-11-8-7-9-12-22/h7-9,11-16,20,24,33H,5-6,10,17-19H2,1-4H3,(H,29,34)(H,30,35). The van der Waals surface area contributed by atoms with Gasteiger partial charge in [-0.2, -0.15) is 8.42 Å². The topological polar surface area (TPSA) is 128 Å². The Bertz CT molecular complexity index is 1260. The summed E-state index contributed by atoms with van der Waals surface area (Å²) in [7, 11) is -4.04. The number of unbranched alkanes of at least 4 members (excludes halogenated alkanes) is 2. The van der Waals surface area contributed by atoms with Crippen molar-refractivity contribution in [2.24, 2.45) is 0 Å². The highest BCUT2D eigenvalue weighted by Crippen LogP contribution is 2.31. The van der Waals surface area contributed by atoms with Crippen LogP contribution in [0.5, 0.6) is 0 Å². The van der Waals surface area contributed by atoms with Gasteiger partial charge in [-0.25, -0.2) is 13.4 Å². The highest BCUT2D eigenvalue weighted by Gasteiger charge is 2.37. The van der Waals surface area contributed by atoms with Crippen LogP contribution in [0.3, 0.4) is 0 Å². The zero-order valence-electron chi connectivity index (χ0n) is 22.9. The smallest absolute Gasteiger partial charge is 0.408 e. The number of nitrogens with one attached hydrogen (secondary N) is 2. The first kappa shape index (κ1) is 29.8. The molecule has 3 rings (SSSR count). The fourth-order valence-electron chi connectivity index (χ4n) is 3.96. The summed E-state index contributed by atoms with van der Waals surface area (Å²) < 4.78 is 33.6. The van der Waals surface area contributed by atoms with Crippen LogP contribution in [0.4, 0.5) is 10.5 Å². The van der Waals surface area contributed by atoms with E-state index in [0.717, 1.165) is 39.6 Å². The van der Waals surface area contributed by atoms with Gasteiger partial charge in [0, 0.05) is 13.0 Å². The van der Waals surface area contributed by atoms with Crippen molar-refractivity contribution in [3.63, 3.8) is 0 Å². The Kier molecular flexibility index (Phi) is 9.85. The molecule has 0 saturated carbocycles. The van der Waals surface area contributed by atoms with Gasteiger partial charge in [0.2, 0.25) is 11.8 Å². The zero-order chi connectivity index (χ0) is 28.6. The number of aliphatic hydroxyl groups is 1. The third kappa shape index (κ3) is 8.38. The number of aliphatic hydroxyl groups excluding tert-OH is 1. The van der Waals surface area contributed by atoms with Crippen molar-refractivity contribution in [2.45, 2.75) is 71.6 Å². The summed E-state index contributed by atoms with van der Waals surface area (Å²) in [4.78, 5) is 25.3. The lowest BCUT2D eigenvalue weighted by molar-refractivity contribution is -0.123. The third-order valence-corrected chi connectivity index (χ3v) is 7.59. The maximum atomic E-state index is 13.2. The van der Waals surface area contributed by atoms with Gasteiger partial charge in [0.05, 0.1) is 18.4 Å². The van der Waals surface area contributed by atoms with Crippen molar-refractivity contribution < 1.29 is 27.9 Å². The van der Waals surface area contributed by atoms with Crippen LogP contribution in [0, 0.1) is 0 Å². The summed E-state index contributed by atoms with van der Waals surface area (Å²) >= 11 is 0. The van der Waals surface area contributed by atoms with E-state index < -0.39 is 27.9 Å². The second kappa shape index (κ2) is 12.9.